The van der Waals surface area contributed by atoms with E-state index in [2.05, 4.69) is 36.1 Å². The van der Waals surface area contributed by atoms with E-state index in [0.29, 0.717) is 5.92 Å². The van der Waals surface area contributed by atoms with Gasteiger partial charge in [0.05, 0.1) is 6.54 Å². The molecule has 0 bridgehead atoms. The number of amides is 1. The van der Waals surface area contributed by atoms with Crippen LogP contribution in [0.4, 0.5) is 11.6 Å². The zero-order chi connectivity index (χ0) is 15.1. The molecule has 0 saturated carbocycles. The van der Waals surface area contributed by atoms with E-state index in [9.17, 15) is 4.79 Å². The largest absolute Gasteiger partial charge is 0.373 e. The van der Waals surface area contributed by atoms with Crippen LogP contribution in [0.25, 0.3) is 0 Å². The molecular weight excluding hydrogens is 254 g/mol. The third kappa shape index (κ3) is 4.36. The molecule has 0 spiro atoms. The van der Waals surface area contributed by atoms with Crippen LogP contribution in [0.15, 0.2) is 6.33 Å². The molecule has 3 N–H and O–H groups in total. The molecule has 0 fully saturated rings. The smallest absolute Gasteiger partial charge is 0.236 e. The van der Waals surface area contributed by atoms with Gasteiger partial charge in [0.15, 0.2) is 0 Å². The van der Waals surface area contributed by atoms with Gasteiger partial charge >= 0.3 is 0 Å². The van der Waals surface area contributed by atoms with Crippen molar-refractivity contribution in [2.24, 2.45) is 11.7 Å². The third-order valence-electron chi connectivity index (χ3n) is 2.89. The summed E-state index contributed by atoms with van der Waals surface area (Å²) in [4.78, 5) is 21.9. The lowest BCUT2D eigenvalue weighted by Gasteiger charge is -2.27. The first-order valence-electron chi connectivity index (χ1n) is 7.04. The number of nitrogens with zero attached hydrogens (tertiary/aromatic N) is 3. The number of hydrogen-bond donors (Lipinski definition) is 2. The van der Waals surface area contributed by atoms with Gasteiger partial charge in [0.2, 0.25) is 5.91 Å². The fourth-order valence-corrected chi connectivity index (χ4v) is 2.23. The number of primary amides is 1. The summed E-state index contributed by atoms with van der Waals surface area (Å²) in [6, 6.07) is 0. The summed E-state index contributed by atoms with van der Waals surface area (Å²) in [5, 5.41) is 3.09. The van der Waals surface area contributed by atoms with Crippen LogP contribution in [0, 0.1) is 5.92 Å². The summed E-state index contributed by atoms with van der Waals surface area (Å²) in [5.41, 5.74) is 6.40. The zero-order valence-electron chi connectivity index (χ0n) is 12.8. The van der Waals surface area contributed by atoms with Crippen molar-refractivity contribution >= 4 is 17.5 Å². The molecule has 1 rings (SSSR count). The number of rotatable bonds is 8. The predicted molar refractivity (Wildman–Crippen MR) is 81.8 cm³/mol. The topological polar surface area (TPSA) is 84.1 Å². The van der Waals surface area contributed by atoms with Gasteiger partial charge in [0.25, 0.3) is 0 Å². The van der Waals surface area contributed by atoms with Crippen LogP contribution >= 0.6 is 0 Å². The van der Waals surface area contributed by atoms with E-state index >= 15 is 0 Å². The first-order valence-corrected chi connectivity index (χ1v) is 7.04. The third-order valence-corrected chi connectivity index (χ3v) is 2.89. The predicted octanol–water partition coefficient (Wildman–Crippen LogP) is 1.42. The molecule has 0 saturated heterocycles. The van der Waals surface area contributed by atoms with Gasteiger partial charge in [-0.1, -0.05) is 27.2 Å². The van der Waals surface area contributed by atoms with Crippen LogP contribution < -0.4 is 16.0 Å². The average molecular weight is 279 g/mol. The molecule has 1 amide bonds. The van der Waals surface area contributed by atoms with Gasteiger partial charge in [-0.25, -0.2) is 9.97 Å². The lowest BCUT2D eigenvalue weighted by atomic mass is 10.1. The van der Waals surface area contributed by atoms with Gasteiger partial charge in [0, 0.05) is 19.2 Å². The monoisotopic (exact) mass is 279 g/mol. The number of anilines is 2. The molecule has 1 aromatic rings. The van der Waals surface area contributed by atoms with Crippen molar-refractivity contribution in [2.45, 2.75) is 33.6 Å². The standard InChI is InChI=1S/C14H25N5O/c1-5-6-11-13(16-4)17-9-18-14(11)19(7-10(2)3)8-12(15)20/h9-10H,5-8H2,1-4H3,(H2,15,20)(H,16,17,18). The second-order valence-electron chi connectivity index (χ2n) is 5.27. The normalized spacial score (nSPS) is 10.7. The number of nitrogens with two attached hydrogens (primary N) is 1. The van der Waals surface area contributed by atoms with Crippen molar-refractivity contribution in [1.82, 2.24) is 9.97 Å². The average Bonchev–Trinajstić information content (AvgIpc) is 2.37. The van der Waals surface area contributed by atoms with Crippen molar-refractivity contribution in [3.05, 3.63) is 11.9 Å². The molecule has 0 aliphatic heterocycles. The molecule has 0 aliphatic rings. The van der Waals surface area contributed by atoms with Gasteiger partial charge in [-0.05, 0) is 12.3 Å². The van der Waals surface area contributed by atoms with Crippen molar-refractivity contribution < 1.29 is 4.79 Å². The first kappa shape index (κ1) is 16.2. The van der Waals surface area contributed by atoms with E-state index < -0.39 is 0 Å². The van der Waals surface area contributed by atoms with E-state index in [1.54, 1.807) is 0 Å². The summed E-state index contributed by atoms with van der Waals surface area (Å²) < 4.78 is 0. The fraction of sp³-hybridized carbons (Fsp3) is 0.643. The molecule has 6 heteroatoms. The maximum atomic E-state index is 11.3. The molecular formula is C14H25N5O. The van der Waals surface area contributed by atoms with E-state index in [1.165, 1.54) is 6.33 Å². The molecule has 1 heterocycles. The molecule has 0 atom stereocenters. The number of carbonyl (C=O) groups excluding carboxylic acids is 1. The van der Waals surface area contributed by atoms with Crippen LogP contribution in [0.2, 0.25) is 0 Å². The van der Waals surface area contributed by atoms with Crippen LogP contribution in [0.1, 0.15) is 32.8 Å². The lowest BCUT2D eigenvalue weighted by Crippen LogP contribution is -2.37. The Morgan fingerprint density at radius 1 is 1.45 bits per heavy atom. The van der Waals surface area contributed by atoms with Crippen molar-refractivity contribution in [3.8, 4) is 0 Å². The summed E-state index contributed by atoms with van der Waals surface area (Å²) in [5.74, 6) is 1.68. The molecule has 0 aromatic carbocycles. The highest BCUT2D eigenvalue weighted by molar-refractivity contribution is 5.79. The fourth-order valence-electron chi connectivity index (χ4n) is 2.23. The van der Waals surface area contributed by atoms with Gasteiger partial charge in [-0.3, -0.25) is 4.79 Å². The Bertz CT molecular complexity index is 447. The number of hydrogen-bond acceptors (Lipinski definition) is 5. The van der Waals surface area contributed by atoms with Crippen molar-refractivity contribution in [3.63, 3.8) is 0 Å². The Balaban J connectivity index is 3.19. The highest BCUT2D eigenvalue weighted by Crippen LogP contribution is 2.25. The quantitative estimate of drug-likeness (QED) is 0.752. The summed E-state index contributed by atoms with van der Waals surface area (Å²) in [7, 11) is 1.84. The van der Waals surface area contributed by atoms with Gasteiger partial charge in [0.1, 0.15) is 18.0 Å². The molecule has 1 aromatic heterocycles. The summed E-state index contributed by atoms with van der Waals surface area (Å²) >= 11 is 0. The van der Waals surface area contributed by atoms with Crippen LogP contribution in [-0.4, -0.2) is 36.0 Å². The van der Waals surface area contributed by atoms with E-state index in [-0.39, 0.29) is 12.5 Å². The summed E-state index contributed by atoms with van der Waals surface area (Å²) in [6.45, 7) is 7.23. The second-order valence-corrected chi connectivity index (χ2v) is 5.27. The molecule has 0 radical (unpaired) electrons. The minimum atomic E-state index is -0.349. The highest BCUT2D eigenvalue weighted by atomic mass is 16.1. The van der Waals surface area contributed by atoms with Crippen molar-refractivity contribution in [2.75, 3.05) is 30.4 Å². The molecule has 0 aliphatic carbocycles. The van der Waals surface area contributed by atoms with E-state index in [4.69, 9.17) is 5.73 Å². The summed E-state index contributed by atoms with van der Waals surface area (Å²) in [6.07, 6.45) is 3.37. The second kappa shape index (κ2) is 7.67. The highest BCUT2D eigenvalue weighted by Gasteiger charge is 2.18. The maximum absolute atomic E-state index is 11.3. The van der Waals surface area contributed by atoms with Crippen LogP contribution in [0.5, 0.6) is 0 Å². The minimum absolute atomic E-state index is 0.176. The molecule has 6 nitrogen and oxygen atoms in total. The number of carbonyl (C=O) groups is 1. The first-order chi connectivity index (χ1) is 9.49. The Kier molecular flexibility index (Phi) is 6.21. The Morgan fingerprint density at radius 3 is 2.65 bits per heavy atom. The molecule has 0 unspecified atom stereocenters. The van der Waals surface area contributed by atoms with E-state index in [0.717, 1.165) is 36.6 Å². The molecule has 112 valence electrons. The van der Waals surface area contributed by atoms with Gasteiger partial charge in [-0.2, -0.15) is 0 Å². The van der Waals surface area contributed by atoms with Gasteiger partial charge in [-0.15, -0.1) is 0 Å². The minimum Gasteiger partial charge on any atom is -0.373 e. The van der Waals surface area contributed by atoms with Gasteiger partial charge < -0.3 is 16.0 Å². The van der Waals surface area contributed by atoms with Crippen LogP contribution in [-0.2, 0) is 11.2 Å². The lowest BCUT2D eigenvalue weighted by molar-refractivity contribution is -0.116. The van der Waals surface area contributed by atoms with Crippen LogP contribution in [0.3, 0.4) is 0 Å². The van der Waals surface area contributed by atoms with E-state index in [1.807, 2.05) is 11.9 Å². The zero-order valence-corrected chi connectivity index (χ0v) is 12.8. The number of nitrogens with one attached hydrogen (secondary N) is 1. The maximum Gasteiger partial charge on any atom is 0.236 e. The molecule has 20 heavy (non-hydrogen) atoms. The Hall–Kier alpha value is -1.85. The Morgan fingerprint density at radius 2 is 2.15 bits per heavy atom. The van der Waals surface area contributed by atoms with Crippen molar-refractivity contribution in [1.29, 1.82) is 0 Å². The number of aromatic nitrogens is 2. The SMILES string of the molecule is CCCc1c(NC)ncnc1N(CC(N)=O)CC(C)C. The Labute approximate surface area is 120 Å².